The van der Waals surface area contributed by atoms with Gasteiger partial charge in [0.25, 0.3) is 0 Å². The zero-order valence-electron chi connectivity index (χ0n) is 58.7. The number of carbonyl (C=O) groups excluding carboxylic acids is 2. The summed E-state index contributed by atoms with van der Waals surface area (Å²) in [7, 11) is 6.08. The summed E-state index contributed by atoms with van der Waals surface area (Å²) in [6.07, 6.45) is -19.5. The Morgan fingerprint density at radius 1 is 0.531 bits per heavy atom. The molecule has 0 amide bonds. The second-order valence-electron chi connectivity index (χ2n) is 29.8. The Hall–Kier alpha value is -2.02. The lowest BCUT2D eigenvalue weighted by atomic mass is 9.42. The van der Waals surface area contributed by atoms with Gasteiger partial charge >= 0.3 is 11.9 Å². The van der Waals surface area contributed by atoms with E-state index < -0.39 is 207 Å². The number of hydrogen-bond donors (Lipinski definition) is 8. The lowest BCUT2D eigenvalue weighted by Crippen LogP contribution is -2.72. The minimum atomic E-state index is -1.68. The van der Waals surface area contributed by atoms with Crippen LogP contribution >= 0.6 is 0 Å². The van der Waals surface area contributed by atoms with E-state index >= 15 is 0 Å². The Labute approximate surface area is 564 Å². The number of carbonyl (C=O) groups is 2. The molecule has 0 radical (unpaired) electrons. The van der Waals surface area contributed by atoms with E-state index in [4.69, 9.17) is 85.3 Å². The van der Waals surface area contributed by atoms with Crippen LogP contribution in [0.15, 0.2) is 0 Å². The molecule has 28 nitrogen and oxygen atoms in total. The van der Waals surface area contributed by atoms with Crippen molar-refractivity contribution in [1.82, 2.24) is 0 Å². The minimum Gasteiger partial charge on any atom is -0.462 e. The number of methoxy groups -OCH3 is 4. The van der Waals surface area contributed by atoms with Crippen molar-refractivity contribution in [2.45, 2.75) is 349 Å². The first-order chi connectivity index (χ1) is 45.4. The fraction of sp³-hybridized carbons (Fsp3) is 0.971. The highest BCUT2D eigenvalue weighted by Gasteiger charge is 2.77. The highest BCUT2D eigenvalue weighted by molar-refractivity contribution is 5.72. The third-order valence-corrected chi connectivity index (χ3v) is 24.5. The molecule has 28 heteroatoms. The first-order valence-corrected chi connectivity index (χ1v) is 35.2. The molecule has 6 saturated heterocycles. The number of aliphatic hydroxyl groups is 8. The second kappa shape index (κ2) is 31.1. The molecule has 0 aromatic heterocycles. The van der Waals surface area contributed by atoms with Crippen molar-refractivity contribution in [3.8, 4) is 0 Å². The molecule has 0 unspecified atom stereocenters. The van der Waals surface area contributed by atoms with E-state index in [2.05, 4.69) is 6.92 Å². The molecule has 10 fully saturated rings. The Bertz CT molecular complexity index is 2530. The van der Waals surface area contributed by atoms with E-state index in [1.54, 1.807) is 41.9 Å². The molecular formula is C68H114O28. The van der Waals surface area contributed by atoms with Crippen molar-refractivity contribution >= 4 is 11.9 Å². The van der Waals surface area contributed by atoms with Gasteiger partial charge in [-0.05, 0) is 122 Å². The number of fused-ring (bicyclic) bond motifs is 5. The molecule has 4 aliphatic carbocycles. The van der Waals surface area contributed by atoms with E-state index in [0.29, 0.717) is 19.3 Å². The average Bonchev–Trinajstić information content (AvgIpc) is 1.40. The standard InChI is InChI=1S/C68H114O28/c1-16-30(2)62(76)88-36(8)67(77)21-22-68(78)40-18-17-38-23-39(19-20-65(38,10)41(40)24-47(66(67,68)11)89-37(9)70)90-48-25-42(71)56(31(3)83-48)92-49-26-43(79-12)57(32(4)84-49)93-50-27-44(80-13)58(33(5)85-50)94-51-28-45(81-14)59(34(6)86-51)95-64-55(75)61(82-15)60(35(7)87-64)96-63-54(74)53(73)52(72)46(29-69)91-63/h30-36,38-61,63-64,69,71-75,77-78H,16-29H2,1-15H3/t30-,31+,32+,33+,34+,35+,36-,38-,39-,40+,41-,42-,43-,44+,45+,46+,47+,48+,49-,50-,51-,52+,53-,54+,55+,56+,57+,58+,59+,60+,61-,63-,64-,65-,66+,67+,68-/m0/s1. The van der Waals surface area contributed by atoms with Gasteiger partial charge in [-0.25, -0.2) is 0 Å². The van der Waals surface area contributed by atoms with E-state index in [1.807, 2.05) is 34.6 Å². The molecule has 0 aromatic carbocycles. The van der Waals surface area contributed by atoms with Crippen LogP contribution in [0.25, 0.3) is 0 Å². The van der Waals surface area contributed by atoms with E-state index in [0.717, 1.165) is 25.7 Å². The summed E-state index contributed by atoms with van der Waals surface area (Å²) >= 11 is 0. The zero-order valence-corrected chi connectivity index (χ0v) is 58.7. The predicted octanol–water partition coefficient (Wildman–Crippen LogP) is 2.57. The molecule has 6 heterocycles. The summed E-state index contributed by atoms with van der Waals surface area (Å²) in [6.45, 7) is 19.3. The quantitative estimate of drug-likeness (QED) is 0.0570. The van der Waals surface area contributed by atoms with Gasteiger partial charge in [-0.15, -0.1) is 0 Å². The summed E-state index contributed by atoms with van der Waals surface area (Å²) in [4.78, 5) is 25.9. The minimum absolute atomic E-state index is 0.0194. The summed E-state index contributed by atoms with van der Waals surface area (Å²) < 4.78 is 112. The summed E-state index contributed by atoms with van der Waals surface area (Å²) in [5.41, 5.74) is -4.57. The van der Waals surface area contributed by atoms with Gasteiger partial charge in [0.2, 0.25) is 0 Å². The number of ether oxygens (including phenoxy) is 18. The van der Waals surface area contributed by atoms with Crippen molar-refractivity contribution in [1.29, 1.82) is 0 Å². The first kappa shape index (κ1) is 76.6. The Kier molecular flexibility index (Phi) is 24.8. The Morgan fingerprint density at radius 3 is 1.56 bits per heavy atom. The Balaban J connectivity index is 0.683. The highest BCUT2D eigenvalue weighted by atomic mass is 16.8. The molecule has 10 aliphatic rings. The molecule has 554 valence electrons. The molecule has 10 rings (SSSR count). The number of esters is 2. The topological polar surface area (TPSA) is 362 Å². The first-order valence-electron chi connectivity index (χ1n) is 35.2. The van der Waals surface area contributed by atoms with Gasteiger partial charge in [-0.1, -0.05) is 27.7 Å². The lowest BCUT2D eigenvalue weighted by Gasteiger charge is -2.66. The van der Waals surface area contributed by atoms with Crippen LogP contribution in [0, 0.1) is 34.5 Å². The van der Waals surface area contributed by atoms with Crippen LogP contribution < -0.4 is 0 Å². The smallest absolute Gasteiger partial charge is 0.309 e. The molecule has 96 heavy (non-hydrogen) atoms. The van der Waals surface area contributed by atoms with Crippen molar-refractivity contribution in [2.75, 3.05) is 35.0 Å². The van der Waals surface area contributed by atoms with Gasteiger partial charge in [0.15, 0.2) is 37.7 Å². The largest absolute Gasteiger partial charge is 0.462 e. The Morgan fingerprint density at radius 2 is 1.04 bits per heavy atom. The molecule has 37 atom stereocenters. The summed E-state index contributed by atoms with van der Waals surface area (Å²) in [5.74, 6) is -1.24. The molecule has 6 aliphatic heterocycles. The maximum atomic E-state index is 13.1. The van der Waals surface area contributed by atoms with Crippen LogP contribution in [0.1, 0.15) is 160 Å². The second-order valence-corrected chi connectivity index (χ2v) is 29.8. The number of aliphatic hydroxyl groups excluding tert-OH is 6. The highest BCUT2D eigenvalue weighted by Crippen LogP contribution is 2.71. The van der Waals surface area contributed by atoms with Crippen LogP contribution in [0.2, 0.25) is 0 Å². The molecule has 0 aromatic rings. The third-order valence-electron chi connectivity index (χ3n) is 24.5. The van der Waals surface area contributed by atoms with Gasteiger partial charge in [0, 0.05) is 61.0 Å². The number of rotatable bonds is 22. The van der Waals surface area contributed by atoms with Crippen LogP contribution in [-0.2, 0) is 94.9 Å². The van der Waals surface area contributed by atoms with Crippen molar-refractivity contribution in [2.24, 2.45) is 34.5 Å². The van der Waals surface area contributed by atoms with Gasteiger partial charge in [0.1, 0.15) is 85.0 Å². The lowest BCUT2D eigenvalue weighted by molar-refractivity contribution is -0.374. The third kappa shape index (κ3) is 14.6. The van der Waals surface area contributed by atoms with Crippen LogP contribution in [0.4, 0.5) is 0 Å². The van der Waals surface area contributed by atoms with Crippen molar-refractivity contribution in [3.05, 3.63) is 0 Å². The maximum absolute atomic E-state index is 13.1. The fourth-order valence-corrected chi connectivity index (χ4v) is 18.5. The van der Waals surface area contributed by atoms with Crippen LogP contribution in [0.5, 0.6) is 0 Å². The van der Waals surface area contributed by atoms with E-state index in [-0.39, 0.29) is 73.7 Å². The van der Waals surface area contributed by atoms with Crippen LogP contribution in [-0.4, -0.2) is 277 Å². The number of hydrogen-bond acceptors (Lipinski definition) is 28. The molecule has 0 spiro atoms. The van der Waals surface area contributed by atoms with Crippen molar-refractivity contribution < 1.29 is 136 Å². The molecule has 4 saturated carbocycles. The summed E-state index contributed by atoms with van der Waals surface area (Å²) in [5, 5.41) is 90.1. The average molecular weight is 1380 g/mol. The molecular weight excluding hydrogens is 1260 g/mol. The SMILES string of the molecule is CC[C@H](C)C(=O)O[C@@H](C)[C@]1(O)CC[C@]2(O)[C@@H]3CC[C@H]4C[C@@H](O[C@@H]5C[C@H](O)[C@H](O[C@H]6C[C@H](OC)[C@H](O[C@H]7C[C@@H](OC)[C@H](O[C@H]8C[C@@H](OC)[C@H](O[C@@H]9O[C@H](C)[C@@H](O[C@@H]%10O[C@H](CO)[C@@H](O)[C@H](O)[C@H]%10O)[C@@H](OC)[C@H]9O)[C@@H](C)O8)[C@@H](C)O7)[C@@H](C)O6)[C@@H](C)O5)CC[C@]4(C)[C@H]3C[C@@H](OC(C)=O)[C@]12C. The zero-order chi connectivity index (χ0) is 69.8. The maximum Gasteiger partial charge on any atom is 0.309 e. The predicted molar refractivity (Wildman–Crippen MR) is 332 cm³/mol. The van der Waals surface area contributed by atoms with Gasteiger partial charge in [0.05, 0.1) is 84.6 Å². The van der Waals surface area contributed by atoms with E-state index in [1.165, 1.54) is 21.1 Å². The van der Waals surface area contributed by atoms with Crippen molar-refractivity contribution in [3.63, 3.8) is 0 Å². The van der Waals surface area contributed by atoms with Crippen LogP contribution in [0.3, 0.4) is 0 Å². The van der Waals surface area contributed by atoms with Gasteiger partial charge in [-0.3, -0.25) is 9.59 Å². The van der Waals surface area contributed by atoms with E-state index in [9.17, 15) is 50.4 Å². The fourth-order valence-electron chi connectivity index (χ4n) is 18.5. The monoisotopic (exact) mass is 1380 g/mol. The normalized spacial score (nSPS) is 51.3. The summed E-state index contributed by atoms with van der Waals surface area (Å²) in [6, 6.07) is 0. The van der Waals surface area contributed by atoms with Gasteiger partial charge in [-0.2, -0.15) is 0 Å². The molecule has 8 N–H and O–H groups in total. The molecule has 0 bridgehead atoms. The van der Waals surface area contributed by atoms with Gasteiger partial charge < -0.3 is 126 Å².